The molecule has 3 aliphatic rings. The summed E-state index contributed by atoms with van der Waals surface area (Å²) >= 11 is 0. The highest BCUT2D eigenvalue weighted by Gasteiger charge is 2.32. The van der Waals surface area contributed by atoms with Gasteiger partial charge in [-0.3, -0.25) is 9.88 Å². The van der Waals surface area contributed by atoms with Crippen LogP contribution in [0, 0.1) is 11.3 Å². The second-order valence-corrected chi connectivity index (χ2v) is 11.1. The predicted octanol–water partition coefficient (Wildman–Crippen LogP) is 2.08. The lowest BCUT2D eigenvalue weighted by Gasteiger charge is -2.42. The topological polar surface area (TPSA) is 107 Å². The van der Waals surface area contributed by atoms with Crippen LogP contribution in [0.2, 0.25) is 0 Å². The van der Waals surface area contributed by atoms with E-state index in [1.54, 1.807) is 13.3 Å². The van der Waals surface area contributed by atoms with Crippen LogP contribution in [0.5, 0.6) is 0 Å². The average Bonchev–Trinajstić information content (AvgIpc) is 3.37. The van der Waals surface area contributed by atoms with E-state index in [4.69, 9.17) is 20.2 Å². The first-order valence-corrected chi connectivity index (χ1v) is 14.2. The number of nitrogens with zero attached hydrogens (tertiary/aromatic N) is 7. The van der Waals surface area contributed by atoms with Crippen molar-refractivity contribution >= 4 is 28.2 Å². The van der Waals surface area contributed by atoms with E-state index in [0.717, 1.165) is 87.1 Å². The summed E-state index contributed by atoms with van der Waals surface area (Å²) in [5.74, 6) is 1.98. The Morgan fingerprint density at radius 3 is 2.52 bits per heavy atom. The highest BCUT2D eigenvalue weighted by Crippen LogP contribution is 2.30. The van der Waals surface area contributed by atoms with E-state index in [0.29, 0.717) is 5.56 Å². The Morgan fingerprint density at radius 2 is 1.77 bits per heavy atom. The van der Waals surface area contributed by atoms with Crippen molar-refractivity contribution in [3.63, 3.8) is 0 Å². The van der Waals surface area contributed by atoms with E-state index in [1.807, 2.05) is 12.1 Å². The molecule has 6 rings (SSSR count). The Labute approximate surface area is 235 Å². The number of morpholine rings is 1. The molecule has 3 saturated heterocycles. The number of nitrogens with two attached hydrogens (primary N) is 1. The maximum absolute atomic E-state index is 9.54. The molecule has 2 aromatic heterocycles. The van der Waals surface area contributed by atoms with E-state index in [9.17, 15) is 5.26 Å². The number of hydrogen-bond donors (Lipinski definition) is 1. The Bertz CT molecular complexity index is 1370. The van der Waals surface area contributed by atoms with Crippen LogP contribution >= 0.6 is 0 Å². The van der Waals surface area contributed by atoms with Crippen molar-refractivity contribution in [1.29, 1.82) is 5.26 Å². The molecule has 10 heteroatoms. The van der Waals surface area contributed by atoms with Crippen LogP contribution in [-0.4, -0.2) is 105 Å². The molecule has 0 amide bonds. The maximum atomic E-state index is 9.54. The fraction of sp³-hybridized carbons (Fsp3) is 0.500. The molecule has 0 saturated carbocycles. The summed E-state index contributed by atoms with van der Waals surface area (Å²) in [6.45, 7) is 9.96. The summed E-state index contributed by atoms with van der Waals surface area (Å²) in [7, 11) is 1.72. The Kier molecular flexibility index (Phi) is 7.71. The number of aromatic nitrogens is 2. The molecule has 0 radical (unpaired) electrons. The molecule has 3 fully saturated rings. The molecule has 4 atom stereocenters. The van der Waals surface area contributed by atoms with Crippen LogP contribution in [0.3, 0.4) is 0 Å². The summed E-state index contributed by atoms with van der Waals surface area (Å²) in [5, 5.41) is 10.6. The molecule has 0 aliphatic carbocycles. The predicted molar refractivity (Wildman–Crippen MR) is 157 cm³/mol. The molecule has 210 valence electrons. The van der Waals surface area contributed by atoms with Crippen molar-refractivity contribution in [2.24, 2.45) is 5.73 Å². The number of benzene rings is 1. The second kappa shape index (κ2) is 11.6. The highest BCUT2D eigenvalue weighted by atomic mass is 16.5. The number of fused-ring (bicyclic) bond motifs is 1. The summed E-state index contributed by atoms with van der Waals surface area (Å²) < 4.78 is 11.9. The minimum absolute atomic E-state index is 0.00643. The number of hydrogen-bond acceptors (Lipinski definition) is 10. The summed E-state index contributed by atoms with van der Waals surface area (Å²) in [4.78, 5) is 19.0. The van der Waals surface area contributed by atoms with Crippen molar-refractivity contribution in [1.82, 2.24) is 14.9 Å². The van der Waals surface area contributed by atoms with Gasteiger partial charge in [-0.2, -0.15) is 5.26 Å². The smallest absolute Gasteiger partial charge is 0.131 e. The van der Waals surface area contributed by atoms with Crippen LogP contribution in [-0.2, 0) is 9.47 Å². The monoisotopic (exact) mass is 542 g/mol. The van der Waals surface area contributed by atoms with Crippen LogP contribution in [0.1, 0.15) is 12.5 Å². The molecule has 3 aliphatic heterocycles. The van der Waals surface area contributed by atoms with Gasteiger partial charge in [-0.1, -0.05) is 6.07 Å². The number of ether oxygens (including phenoxy) is 2. The number of piperazine rings is 1. The minimum Gasteiger partial charge on any atom is -0.378 e. The minimum atomic E-state index is 0.00643. The van der Waals surface area contributed by atoms with E-state index in [1.165, 1.54) is 0 Å². The van der Waals surface area contributed by atoms with Gasteiger partial charge in [-0.05, 0) is 43.3 Å². The molecule has 2 N–H and O–H groups in total. The molecule has 1 unspecified atom stereocenters. The molecule has 40 heavy (non-hydrogen) atoms. The molecule has 1 aromatic carbocycles. The molecule has 0 bridgehead atoms. The van der Waals surface area contributed by atoms with E-state index in [-0.39, 0.29) is 24.4 Å². The Balaban J connectivity index is 1.08. The van der Waals surface area contributed by atoms with E-state index < -0.39 is 0 Å². The molecular weight excluding hydrogens is 504 g/mol. The molecular formula is C30H38N8O2. The van der Waals surface area contributed by atoms with Gasteiger partial charge in [0.1, 0.15) is 17.7 Å². The first-order valence-electron chi connectivity index (χ1n) is 14.2. The van der Waals surface area contributed by atoms with Crippen molar-refractivity contribution in [3.05, 3.63) is 54.2 Å². The lowest BCUT2D eigenvalue weighted by Crippen LogP contribution is -2.54. The maximum Gasteiger partial charge on any atom is 0.131 e. The van der Waals surface area contributed by atoms with Crippen molar-refractivity contribution in [3.8, 4) is 6.07 Å². The largest absolute Gasteiger partial charge is 0.378 e. The molecule has 3 aromatic rings. The SMILES string of the molecule is COC1CN(c2cccc(N3CCN(C[C@H]4CN(c5ccc(C#N)c6ncccc56)C[C@@H](C)O4)CC3)n2)C[C@H]1N. The average molecular weight is 543 g/mol. The third kappa shape index (κ3) is 5.43. The standard InChI is InChI=1S/C30H38N8O2/c1-21-16-37(26-9-8-22(15-31)30-24(26)5-4-10-33-30)18-23(40-21)17-35-11-13-36(14-12-35)28-6-3-7-29(34-28)38-19-25(32)27(20-38)39-2/h3-10,21,23,25,27H,11-14,16-20,32H2,1-2H3/t21-,23+,25-,27?/m1/s1. The van der Waals surface area contributed by atoms with Crippen LogP contribution in [0.25, 0.3) is 10.9 Å². The van der Waals surface area contributed by atoms with Gasteiger partial charge >= 0.3 is 0 Å². The Morgan fingerprint density at radius 1 is 0.975 bits per heavy atom. The van der Waals surface area contributed by atoms with Gasteiger partial charge in [0.05, 0.1) is 35.4 Å². The van der Waals surface area contributed by atoms with Gasteiger partial charge in [0.25, 0.3) is 0 Å². The van der Waals surface area contributed by atoms with Crippen LogP contribution < -0.4 is 20.4 Å². The van der Waals surface area contributed by atoms with Gasteiger partial charge in [0.15, 0.2) is 0 Å². The first-order chi connectivity index (χ1) is 19.5. The van der Waals surface area contributed by atoms with Crippen LogP contribution in [0.4, 0.5) is 17.3 Å². The van der Waals surface area contributed by atoms with Crippen molar-refractivity contribution in [2.45, 2.75) is 31.3 Å². The quantitative estimate of drug-likeness (QED) is 0.498. The molecule has 5 heterocycles. The van der Waals surface area contributed by atoms with Gasteiger partial charge in [-0.15, -0.1) is 0 Å². The number of pyridine rings is 2. The zero-order valence-electron chi connectivity index (χ0n) is 23.3. The van der Waals surface area contributed by atoms with Gasteiger partial charge in [-0.25, -0.2) is 4.98 Å². The zero-order valence-corrected chi connectivity index (χ0v) is 23.3. The normalized spacial score (nSPS) is 25.9. The fourth-order valence-corrected chi connectivity index (χ4v) is 6.31. The van der Waals surface area contributed by atoms with E-state index >= 15 is 0 Å². The molecule has 10 nitrogen and oxygen atoms in total. The summed E-state index contributed by atoms with van der Waals surface area (Å²) in [6, 6.07) is 16.5. The van der Waals surface area contributed by atoms with Crippen LogP contribution in [0.15, 0.2) is 48.7 Å². The molecule has 0 spiro atoms. The number of methoxy groups -OCH3 is 1. The second-order valence-electron chi connectivity index (χ2n) is 11.1. The lowest BCUT2D eigenvalue weighted by molar-refractivity contribution is -0.0327. The van der Waals surface area contributed by atoms with Gasteiger partial charge < -0.3 is 29.9 Å². The number of anilines is 3. The summed E-state index contributed by atoms with van der Waals surface area (Å²) in [5.41, 5.74) is 8.73. The zero-order chi connectivity index (χ0) is 27.6. The van der Waals surface area contributed by atoms with Gasteiger partial charge in [0.2, 0.25) is 0 Å². The highest BCUT2D eigenvalue weighted by molar-refractivity contribution is 5.95. The van der Waals surface area contributed by atoms with Crippen molar-refractivity contribution in [2.75, 3.05) is 80.7 Å². The Hall–Kier alpha value is -3.49. The third-order valence-electron chi connectivity index (χ3n) is 8.35. The number of rotatable bonds is 6. The fourth-order valence-electron chi connectivity index (χ4n) is 6.31. The van der Waals surface area contributed by atoms with Crippen molar-refractivity contribution < 1.29 is 9.47 Å². The number of nitriles is 1. The summed E-state index contributed by atoms with van der Waals surface area (Å²) in [6.07, 6.45) is 2.02. The van der Waals surface area contributed by atoms with Gasteiger partial charge in [0, 0.05) is 83.3 Å². The third-order valence-corrected chi connectivity index (χ3v) is 8.35. The van der Waals surface area contributed by atoms with E-state index in [2.05, 4.69) is 67.9 Å². The lowest BCUT2D eigenvalue weighted by atomic mass is 10.1. The first kappa shape index (κ1) is 26.7.